The monoisotopic (exact) mass is 293 g/mol. The number of aryl methyl sites for hydroxylation is 1. The fraction of sp³-hybridized carbons (Fsp3) is 0.417. The van der Waals surface area contributed by atoms with Crippen LogP contribution in [0.4, 0.5) is 5.69 Å². The van der Waals surface area contributed by atoms with Crippen molar-refractivity contribution in [3.63, 3.8) is 0 Å². The molecule has 0 aliphatic heterocycles. The van der Waals surface area contributed by atoms with Gasteiger partial charge in [0.05, 0.1) is 18.1 Å². The number of nitro groups is 1. The molecule has 0 N–H and O–H groups in total. The fourth-order valence-electron chi connectivity index (χ4n) is 1.75. The third kappa shape index (κ3) is 3.44. The van der Waals surface area contributed by atoms with E-state index in [-0.39, 0.29) is 18.0 Å². The highest BCUT2D eigenvalue weighted by Gasteiger charge is 2.14. The van der Waals surface area contributed by atoms with E-state index in [0.717, 1.165) is 6.42 Å². The molecule has 0 radical (unpaired) electrons. The first kappa shape index (κ1) is 14.7. The molecule has 0 spiro atoms. The predicted molar refractivity (Wildman–Crippen MR) is 72.1 cm³/mol. The van der Waals surface area contributed by atoms with Crippen molar-refractivity contribution in [1.82, 2.24) is 20.2 Å². The number of nitrogens with zero attached hydrogens (tertiary/aromatic N) is 5. The lowest BCUT2D eigenvalue weighted by atomic mass is 10.3. The second-order valence-corrected chi connectivity index (χ2v) is 4.20. The normalized spacial score (nSPS) is 10.4. The lowest BCUT2D eigenvalue weighted by Gasteiger charge is -2.10. The summed E-state index contributed by atoms with van der Waals surface area (Å²) in [5.41, 5.74) is -0.0704. The van der Waals surface area contributed by atoms with Crippen molar-refractivity contribution < 1.29 is 14.4 Å². The highest BCUT2D eigenvalue weighted by Crippen LogP contribution is 2.31. The molecule has 0 saturated carbocycles. The first-order chi connectivity index (χ1) is 10.2. The third-order valence-electron chi connectivity index (χ3n) is 2.76. The van der Waals surface area contributed by atoms with Gasteiger partial charge in [0.2, 0.25) is 0 Å². The second kappa shape index (κ2) is 6.64. The summed E-state index contributed by atoms with van der Waals surface area (Å²) >= 11 is 0. The van der Waals surface area contributed by atoms with Crippen molar-refractivity contribution in [1.29, 1.82) is 0 Å². The minimum absolute atomic E-state index is 0.0704. The van der Waals surface area contributed by atoms with E-state index in [9.17, 15) is 10.1 Å². The number of aromatic nitrogens is 4. The summed E-state index contributed by atoms with van der Waals surface area (Å²) in [6, 6.07) is 4.15. The second-order valence-electron chi connectivity index (χ2n) is 4.20. The van der Waals surface area contributed by atoms with Gasteiger partial charge in [0.15, 0.2) is 17.3 Å². The molecule has 1 aromatic heterocycles. The molecule has 1 aromatic carbocycles. The topological polar surface area (TPSA) is 105 Å². The first-order valence-corrected chi connectivity index (χ1v) is 6.36. The number of non-ortho nitro benzene ring substituents is 1. The number of hydrogen-bond acceptors (Lipinski definition) is 7. The number of tetrazole rings is 1. The Morgan fingerprint density at radius 2 is 2.19 bits per heavy atom. The molecule has 0 atom stereocenters. The molecular formula is C12H15N5O4. The quantitative estimate of drug-likeness (QED) is 0.563. The molecule has 0 bridgehead atoms. The maximum absolute atomic E-state index is 10.8. The Morgan fingerprint density at radius 3 is 2.86 bits per heavy atom. The van der Waals surface area contributed by atoms with Crippen LogP contribution in [-0.2, 0) is 13.2 Å². The smallest absolute Gasteiger partial charge is 0.273 e. The summed E-state index contributed by atoms with van der Waals surface area (Å²) in [6.07, 6.45) is 0.887. The molecule has 0 unspecified atom stereocenters. The molecular weight excluding hydrogens is 278 g/mol. The van der Waals surface area contributed by atoms with Crippen LogP contribution in [0.1, 0.15) is 19.2 Å². The Hall–Kier alpha value is -2.71. The van der Waals surface area contributed by atoms with Gasteiger partial charge in [-0.2, -0.15) is 0 Å². The van der Waals surface area contributed by atoms with Crippen LogP contribution in [0.25, 0.3) is 0 Å². The highest BCUT2D eigenvalue weighted by molar-refractivity contribution is 5.48. The summed E-state index contributed by atoms with van der Waals surface area (Å²) in [7, 11) is 1.47. The largest absolute Gasteiger partial charge is 0.493 e. The summed E-state index contributed by atoms with van der Waals surface area (Å²) < 4.78 is 12.3. The Morgan fingerprint density at radius 1 is 1.38 bits per heavy atom. The number of hydrogen-bond donors (Lipinski definition) is 0. The van der Waals surface area contributed by atoms with Gasteiger partial charge in [-0.25, -0.2) is 4.68 Å². The Labute approximate surface area is 120 Å². The molecule has 2 aromatic rings. The Bertz CT molecular complexity index is 628. The van der Waals surface area contributed by atoms with E-state index in [1.807, 2.05) is 6.92 Å². The number of nitro benzene ring substituents is 1. The van der Waals surface area contributed by atoms with Gasteiger partial charge in [0, 0.05) is 12.6 Å². The number of benzene rings is 1. The van der Waals surface area contributed by atoms with Crippen molar-refractivity contribution in [2.75, 3.05) is 7.11 Å². The first-order valence-electron chi connectivity index (χ1n) is 6.36. The Balaban J connectivity index is 2.16. The van der Waals surface area contributed by atoms with Crippen LogP contribution >= 0.6 is 0 Å². The van der Waals surface area contributed by atoms with Gasteiger partial charge in [-0.05, 0) is 22.9 Å². The van der Waals surface area contributed by atoms with E-state index >= 15 is 0 Å². The van der Waals surface area contributed by atoms with Crippen molar-refractivity contribution in [3.05, 3.63) is 34.1 Å². The summed E-state index contributed by atoms with van der Waals surface area (Å²) in [4.78, 5) is 10.3. The zero-order valence-electron chi connectivity index (χ0n) is 11.7. The minimum Gasteiger partial charge on any atom is -0.493 e. The lowest BCUT2D eigenvalue weighted by Crippen LogP contribution is -2.09. The van der Waals surface area contributed by atoms with Crippen LogP contribution in [0.5, 0.6) is 11.5 Å². The molecule has 0 aliphatic rings. The molecule has 0 amide bonds. The van der Waals surface area contributed by atoms with Gasteiger partial charge >= 0.3 is 0 Å². The van der Waals surface area contributed by atoms with Gasteiger partial charge < -0.3 is 9.47 Å². The molecule has 0 fully saturated rings. The van der Waals surface area contributed by atoms with Crippen molar-refractivity contribution >= 4 is 5.69 Å². The number of methoxy groups -OCH3 is 1. The molecule has 0 saturated heterocycles. The van der Waals surface area contributed by atoms with Crippen LogP contribution in [-0.4, -0.2) is 32.2 Å². The van der Waals surface area contributed by atoms with E-state index in [4.69, 9.17) is 9.47 Å². The maximum atomic E-state index is 10.8. The lowest BCUT2D eigenvalue weighted by molar-refractivity contribution is -0.385. The van der Waals surface area contributed by atoms with E-state index in [1.54, 1.807) is 4.68 Å². The minimum atomic E-state index is -0.493. The molecule has 1 heterocycles. The van der Waals surface area contributed by atoms with Crippen LogP contribution < -0.4 is 9.47 Å². The summed E-state index contributed by atoms with van der Waals surface area (Å²) in [6.45, 7) is 2.79. The van der Waals surface area contributed by atoms with E-state index in [0.29, 0.717) is 18.1 Å². The van der Waals surface area contributed by atoms with Gasteiger partial charge in [0.25, 0.3) is 5.69 Å². The summed E-state index contributed by atoms with van der Waals surface area (Å²) in [5.74, 6) is 1.23. The SMILES string of the molecule is CCCn1nnnc1COc1cc([N+](=O)[O-])ccc1OC. The molecule has 21 heavy (non-hydrogen) atoms. The molecule has 9 heteroatoms. The zero-order valence-corrected chi connectivity index (χ0v) is 11.7. The van der Waals surface area contributed by atoms with Crippen LogP contribution in [0.3, 0.4) is 0 Å². The Kier molecular flexibility index (Phi) is 4.64. The van der Waals surface area contributed by atoms with Gasteiger partial charge in [-0.1, -0.05) is 6.92 Å². The van der Waals surface area contributed by atoms with Crippen molar-refractivity contribution in [2.45, 2.75) is 26.5 Å². The standard InChI is InChI=1S/C12H15N5O4/c1-3-6-16-12(13-14-15-16)8-21-11-7-9(17(18)19)4-5-10(11)20-2/h4-5,7H,3,6,8H2,1-2H3. The van der Waals surface area contributed by atoms with Gasteiger partial charge in [-0.3, -0.25) is 10.1 Å². The van der Waals surface area contributed by atoms with Crippen molar-refractivity contribution in [3.8, 4) is 11.5 Å². The average Bonchev–Trinajstić information content (AvgIpc) is 2.92. The molecule has 112 valence electrons. The summed E-state index contributed by atoms with van der Waals surface area (Å²) in [5, 5.41) is 22.1. The van der Waals surface area contributed by atoms with E-state index < -0.39 is 4.92 Å². The third-order valence-corrected chi connectivity index (χ3v) is 2.76. The molecule has 9 nitrogen and oxygen atoms in total. The fourth-order valence-corrected chi connectivity index (χ4v) is 1.75. The van der Waals surface area contributed by atoms with Crippen LogP contribution in [0, 0.1) is 10.1 Å². The van der Waals surface area contributed by atoms with Gasteiger partial charge in [0.1, 0.15) is 6.61 Å². The number of ether oxygens (including phenoxy) is 2. The predicted octanol–water partition coefficient (Wildman–Crippen LogP) is 1.58. The molecule has 0 aliphatic carbocycles. The number of rotatable bonds is 7. The van der Waals surface area contributed by atoms with Crippen LogP contribution in [0.15, 0.2) is 18.2 Å². The van der Waals surface area contributed by atoms with E-state index in [2.05, 4.69) is 15.5 Å². The maximum Gasteiger partial charge on any atom is 0.273 e. The van der Waals surface area contributed by atoms with E-state index in [1.165, 1.54) is 25.3 Å². The average molecular weight is 293 g/mol. The van der Waals surface area contributed by atoms with Crippen molar-refractivity contribution in [2.24, 2.45) is 0 Å². The van der Waals surface area contributed by atoms with Gasteiger partial charge in [-0.15, -0.1) is 5.10 Å². The zero-order chi connectivity index (χ0) is 15.2. The molecule has 2 rings (SSSR count). The van der Waals surface area contributed by atoms with Crippen LogP contribution in [0.2, 0.25) is 0 Å². The highest BCUT2D eigenvalue weighted by atomic mass is 16.6.